The Kier molecular flexibility index (Phi) is 4.47. The van der Waals surface area contributed by atoms with Crippen LogP contribution in [0.5, 0.6) is 5.75 Å². The Morgan fingerprint density at radius 1 is 1.45 bits per heavy atom. The maximum absolute atomic E-state index is 12.9. The van der Waals surface area contributed by atoms with Gasteiger partial charge >= 0.3 is 12.3 Å². The van der Waals surface area contributed by atoms with Crippen molar-refractivity contribution >= 4 is 0 Å². The van der Waals surface area contributed by atoms with Crippen molar-refractivity contribution in [2.45, 2.75) is 44.7 Å². The first-order chi connectivity index (χ1) is 9.38. The molecular weight excluding hydrogens is 276 g/mol. The van der Waals surface area contributed by atoms with E-state index in [1.54, 1.807) is 6.92 Å². The molecule has 0 spiro atoms. The second-order valence-electron chi connectivity index (χ2n) is 4.94. The summed E-state index contributed by atoms with van der Waals surface area (Å²) in [5, 5.41) is 3.20. The summed E-state index contributed by atoms with van der Waals surface area (Å²) in [6, 6.07) is 1.91. The average molecular weight is 292 g/mol. The van der Waals surface area contributed by atoms with E-state index in [2.05, 4.69) is 10.3 Å². The number of halogens is 4. The van der Waals surface area contributed by atoms with E-state index in [1.165, 1.54) is 12.3 Å². The van der Waals surface area contributed by atoms with Gasteiger partial charge in [0.2, 0.25) is 0 Å². The molecule has 0 bridgehead atoms. The van der Waals surface area contributed by atoms with Crippen molar-refractivity contribution in [1.29, 1.82) is 0 Å². The van der Waals surface area contributed by atoms with Crippen LogP contribution in [0.25, 0.3) is 0 Å². The van der Waals surface area contributed by atoms with Crippen LogP contribution < -0.4 is 10.1 Å². The summed E-state index contributed by atoms with van der Waals surface area (Å²) in [6.07, 6.45) is -0.0585. The highest BCUT2D eigenvalue weighted by Gasteiger charge is 2.41. The van der Waals surface area contributed by atoms with E-state index in [9.17, 15) is 17.6 Å². The van der Waals surface area contributed by atoms with E-state index in [-0.39, 0.29) is 5.75 Å². The van der Waals surface area contributed by atoms with Crippen molar-refractivity contribution in [3.8, 4) is 5.75 Å². The van der Waals surface area contributed by atoms with Crippen molar-refractivity contribution in [2.75, 3.05) is 6.61 Å². The smallest absolute Gasteiger partial charge is 0.340 e. The van der Waals surface area contributed by atoms with Gasteiger partial charge in [-0.2, -0.15) is 8.78 Å². The molecule has 1 aliphatic carbocycles. The molecule has 1 saturated carbocycles. The van der Waals surface area contributed by atoms with E-state index >= 15 is 0 Å². The lowest BCUT2D eigenvalue weighted by molar-refractivity contribution is -0.148. The SMILES string of the molecule is Cc1cc(OCC(F)(F)C(F)F)c(CNC2CC2)cn1. The minimum Gasteiger partial charge on any atom is -0.487 e. The maximum Gasteiger partial charge on any atom is 0.340 e. The molecule has 1 aromatic rings. The Bertz CT molecular complexity index is 464. The number of nitrogens with one attached hydrogen (secondary N) is 1. The first-order valence-corrected chi connectivity index (χ1v) is 6.36. The zero-order valence-corrected chi connectivity index (χ0v) is 11.0. The van der Waals surface area contributed by atoms with E-state index in [0.717, 1.165) is 12.8 Å². The molecule has 1 aromatic heterocycles. The lowest BCUT2D eigenvalue weighted by Crippen LogP contribution is -2.34. The van der Waals surface area contributed by atoms with Crippen molar-refractivity contribution in [2.24, 2.45) is 0 Å². The minimum absolute atomic E-state index is 0.172. The molecule has 0 atom stereocenters. The normalized spacial score (nSPS) is 15.7. The number of alkyl halides is 4. The van der Waals surface area contributed by atoms with Gasteiger partial charge in [-0.3, -0.25) is 4.98 Å². The van der Waals surface area contributed by atoms with Crippen molar-refractivity contribution < 1.29 is 22.3 Å². The third-order valence-corrected chi connectivity index (χ3v) is 2.98. The topological polar surface area (TPSA) is 34.1 Å². The first-order valence-electron chi connectivity index (χ1n) is 6.36. The fourth-order valence-electron chi connectivity index (χ4n) is 1.61. The highest BCUT2D eigenvalue weighted by Crippen LogP contribution is 2.27. The highest BCUT2D eigenvalue weighted by atomic mass is 19.3. The second kappa shape index (κ2) is 5.95. The highest BCUT2D eigenvalue weighted by molar-refractivity contribution is 5.33. The fraction of sp³-hybridized carbons (Fsp3) is 0.615. The van der Waals surface area contributed by atoms with Crippen LogP contribution in [-0.2, 0) is 6.54 Å². The Balaban J connectivity index is 2.02. The van der Waals surface area contributed by atoms with Crippen LogP contribution in [0.2, 0.25) is 0 Å². The van der Waals surface area contributed by atoms with Gasteiger partial charge in [0, 0.05) is 36.1 Å². The van der Waals surface area contributed by atoms with Crippen LogP contribution in [0, 0.1) is 6.92 Å². The predicted octanol–water partition coefficient (Wildman–Crippen LogP) is 2.92. The standard InChI is InChI=1S/C13H16F4N2O/c1-8-4-11(20-7-13(16,17)12(14)15)9(5-18-8)6-19-10-2-3-10/h4-5,10,12,19H,2-3,6-7H2,1H3. The first kappa shape index (κ1) is 15.0. The molecule has 0 aliphatic heterocycles. The Morgan fingerprint density at radius 2 is 2.15 bits per heavy atom. The average Bonchev–Trinajstić information content (AvgIpc) is 3.19. The Hall–Kier alpha value is -1.37. The van der Waals surface area contributed by atoms with Crippen molar-refractivity contribution in [3.63, 3.8) is 0 Å². The number of hydrogen-bond donors (Lipinski definition) is 1. The van der Waals surface area contributed by atoms with Gasteiger partial charge in [0.25, 0.3) is 0 Å². The number of hydrogen-bond acceptors (Lipinski definition) is 3. The summed E-state index contributed by atoms with van der Waals surface area (Å²) < 4.78 is 54.9. The molecule has 0 radical (unpaired) electrons. The molecule has 20 heavy (non-hydrogen) atoms. The predicted molar refractivity (Wildman–Crippen MR) is 65.3 cm³/mol. The molecule has 0 aromatic carbocycles. The van der Waals surface area contributed by atoms with E-state index < -0.39 is 19.0 Å². The number of rotatable bonds is 7. The Labute approximate surface area is 114 Å². The molecule has 1 N–H and O–H groups in total. The summed E-state index contributed by atoms with van der Waals surface area (Å²) >= 11 is 0. The summed E-state index contributed by atoms with van der Waals surface area (Å²) in [6.45, 7) is 0.758. The van der Waals surface area contributed by atoms with Crippen molar-refractivity contribution in [1.82, 2.24) is 10.3 Å². The van der Waals surface area contributed by atoms with Gasteiger partial charge in [-0.15, -0.1) is 0 Å². The molecule has 1 heterocycles. The molecule has 0 saturated heterocycles. The summed E-state index contributed by atoms with van der Waals surface area (Å²) in [5.41, 5.74) is 1.17. The molecule has 1 fully saturated rings. The monoisotopic (exact) mass is 292 g/mol. The molecule has 2 rings (SSSR count). The summed E-state index contributed by atoms with van der Waals surface area (Å²) in [5.74, 6) is -3.98. The zero-order chi connectivity index (χ0) is 14.8. The Morgan fingerprint density at radius 3 is 2.75 bits per heavy atom. The molecule has 112 valence electrons. The van der Waals surface area contributed by atoms with E-state index in [4.69, 9.17) is 4.74 Å². The van der Waals surface area contributed by atoms with Gasteiger partial charge in [0.1, 0.15) is 5.75 Å². The molecule has 0 amide bonds. The molecule has 1 aliphatic rings. The van der Waals surface area contributed by atoms with Gasteiger partial charge in [0.05, 0.1) is 0 Å². The number of ether oxygens (including phenoxy) is 1. The maximum atomic E-state index is 12.9. The van der Waals surface area contributed by atoms with Gasteiger partial charge in [-0.1, -0.05) is 0 Å². The lowest BCUT2D eigenvalue weighted by atomic mass is 10.2. The quantitative estimate of drug-likeness (QED) is 0.785. The molecule has 3 nitrogen and oxygen atoms in total. The largest absolute Gasteiger partial charge is 0.487 e. The van der Waals surface area contributed by atoms with Crippen LogP contribution in [0.15, 0.2) is 12.3 Å². The van der Waals surface area contributed by atoms with Gasteiger partial charge in [-0.25, -0.2) is 8.78 Å². The number of pyridine rings is 1. The van der Waals surface area contributed by atoms with Gasteiger partial charge in [0.15, 0.2) is 6.61 Å². The zero-order valence-electron chi connectivity index (χ0n) is 11.0. The van der Waals surface area contributed by atoms with E-state index in [1.807, 2.05) is 0 Å². The minimum atomic E-state index is -4.15. The summed E-state index contributed by atoms with van der Waals surface area (Å²) in [4.78, 5) is 4.06. The fourth-order valence-corrected chi connectivity index (χ4v) is 1.61. The number of aromatic nitrogens is 1. The van der Waals surface area contributed by atoms with Crippen LogP contribution in [0.3, 0.4) is 0 Å². The number of nitrogens with zero attached hydrogens (tertiary/aromatic N) is 1. The molecule has 7 heteroatoms. The third-order valence-electron chi connectivity index (χ3n) is 2.98. The van der Waals surface area contributed by atoms with Crippen LogP contribution in [0.4, 0.5) is 17.6 Å². The van der Waals surface area contributed by atoms with Crippen LogP contribution in [-0.4, -0.2) is 30.0 Å². The van der Waals surface area contributed by atoms with E-state index in [0.29, 0.717) is 23.8 Å². The summed E-state index contributed by atoms with van der Waals surface area (Å²) in [7, 11) is 0. The van der Waals surface area contributed by atoms with Crippen LogP contribution >= 0.6 is 0 Å². The third kappa shape index (κ3) is 4.06. The second-order valence-corrected chi connectivity index (χ2v) is 4.94. The van der Waals surface area contributed by atoms with Crippen LogP contribution in [0.1, 0.15) is 24.1 Å². The van der Waals surface area contributed by atoms with Gasteiger partial charge < -0.3 is 10.1 Å². The number of aryl methyl sites for hydroxylation is 1. The lowest BCUT2D eigenvalue weighted by Gasteiger charge is -2.18. The molecule has 0 unspecified atom stereocenters. The molecular formula is C13H16F4N2O. The van der Waals surface area contributed by atoms with Gasteiger partial charge in [-0.05, 0) is 19.8 Å². The van der Waals surface area contributed by atoms with Crippen molar-refractivity contribution in [3.05, 3.63) is 23.5 Å².